The average Bonchev–Trinajstić information content (AvgIpc) is 2.93. The number of hydrogen-bond donors (Lipinski definition) is 1. The first-order chi connectivity index (χ1) is 9.29. The van der Waals surface area contributed by atoms with Crippen molar-refractivity contribution in [2.24, 2.45) is 0 Å². The standard InChI is InChI=1S/C15H12N2O2/c1-19-15(18)14-12(3-2-7-17-14)11-5-4-10-6-8-16-13(10)9-11/h2-9,16H,1H3. The largest absolute Gasteiger partial charge is 0.464 e. The van der Waals surface area contributed by atoms with Crippen LogP contribution < -0.4 is 0 Å². The van der Waals surface area contributed by atoms with Crippen LogP contribution in [0.25, 0.3) is 22.0 Å². The van der Waals surface area contributed by atoms with Gasteiger partial charge in [0.2, 0.25) is 0 Å². The molecule has 0 spiro atoms. The number of H-pyrrole nitrogens is 1. The minimum absolute atomic E-state index is 0.330. The molecule has 0 saturated carbocycles. The van der Waals surface area contributed by atoms with Crippen molar-refractivity contribution >= 4 is 16.9 Å². The van der Waals surface area contributed by atoms with Crippen LogP contribution in [-0.2, 0) is 4.74 Å². The van der Waals surface area contributed by atoms with Crippen molar-refractivity contribution in [3.8, 4) is 11.1 Å². The van der Waals surface area contributed by atoms with E-state index in [1.165, 1.54) is 7.11 Å². The number of nitrogens with one attached hydrogen (secondary N) is 1. The molecule has 1 aromatic carbocycles. The number of aromatic amines is 1. The van der Waals surface area contributed by atoms with Gasteiger partial charge in [-0.25, -0.2) is 9.78 Å². The minimum Gasteiger partial charge on any atom is -0.464 e. The number of hydrogen-bond acceptors (Lipinski definition) is 3. The van der Waals surface area contributed by atoms with E-state index in [4.69, 9.17) is 4.74 Å². The van der Waals surface area contributed by atoms with Crippen LogP contribution in [0.2, 0.25) is 0 Å². The average molecular weight is 252 g/mol. The molecule has 0 aliphatic rings. The van der Waals surface area contributed by atoms with Crippen molar-refractivity contribution in [3.05, 3.63) is 54.5 Å². The van der Waals surface area contributed by atoms with Crippen molar-refractivity contribution in [1.29, 1.82) is 0 Å². The summed E-state index contributed by atoms with van der Waals surface area (Å²) in [7, 11) is 1.36. The monoisotopic (exact) mass is 252 g/mol. The molecule has 94 valence electrons. The van der Waals surface area contributed by atoms with Gasteiger partial charge in [-0.2, -0.15) is 0 Å². The molecule has 0 bridgehead atoms. The van der Waals surface area contributed by atoms with Crippen LogP contribution in [0.1, 0.15) is 10.5 Å². The topological polar surface area (TPSA) is 55.0 Å². The molecule has 19 heavy (non-hydrogen) atoms. The van der Waals surface area contributed by atoms with Crippen LogP contribution in [0.3, 0.4) is 0 Å². The maximum Gasteiger partial charge on any atom is 0.357 e. The summed E-state index contributed by atoms with van der Waals surface area (Å²) in [6.45, 7) is 0. The number of nitrogens with zero attached hydrogens (tertiary/aromatic N) is 1. The van der Waals surface area contributed by atoms with Gasteiger partial charge < -0.3 is 9.72 Å². The van der Waals surface area contributed by atoms with Crippen LogP contribution in [-0.4, -0.2) is 23.0 Å². The van der Waals surface area contributed by atoms with E-state index in [-0.39, 0.29) is 0 Å². The molecule has 1 N–H and O–H groups in total. The summed E-state index contributed by atoms with van der Waals surface area (Å²) in [6, 6.07) is 11.7. The highest BCUT2D eigenvalue weighted by Crippen LogP contribution is 2.26. The Morgan fingerprint density at radius 2 is 2.16 bits per heavy atom. The smallest absolute Gasteiger partial charge is 0.357 e. The number of carbonyl (C=O) groups is 1. The van der Waals surface area contributed by atoms with E-state index in [9.17, 15) is 4.79 Å². The number of aromatic nitrogens is 2. The number of carbonyl (C=O) groups excluding carboxylic acids is 1. The van der Waals surface area contributed by atoms with Gasteiger partial charge in [-0.1, -0.05) is 18.2 Å². The highest BCUT2D eigenvalue weighted by atomic mass is 16.5. The molecule has 0 aliphatic carbocycles. The van der Waals surface area contributed by atoms with Gasteiger partial charge in [0, 0.05) is 23.5 Å². The third-order valence-electron chi connectivity index (χ3n) is 3.05. The summed E-state index contributed by atoms with van der Waals surface area (Å²) >= 11 is 0. The molecule has 4 heteroatoms. The van der Waals surface area contributed by atoms with Gasteiger partial charge in [-0.05, 0) is 29.1 Å². The second-order valence-electron chi connectivity index (χ2n) is 4.17. The predicted octanol–water partition coefficient (Wildman–Crippen LogP) is 3.02. The van der Waals surface area contributed by atoms with Gasteiger partial charge in [0.1, 0.15) is 0 Å². The van der Waals surface area contributed by atoms with Gasteiger partial charge in [-0.3, -0.25) is 0 Å². The molecule has 2 aromatic heterocycles. The molecule has 3 rings (SSSR count). The number of benzene rings is 1. The third-order valence-corrected chi connectivity index (χ3v) is 3.05. The molecule has 0 fully saturated rings. The Morgan fingerprint density at radius 1 is 1.26 bits per heavy atom. The Bertz CT molecular complexity index is 746. The fourth-order valence-electron chi connectivity index (χ4n) is 2.11. The van der Waals surface area contributed by atoms with Crippen LogP contribution in [0.4, 0.5) is 0 Å². The second kappa shape index (κ2) is 4.57. The number of fused-ring (bicyclic) bond motifs is 1. The third kappa shape index (κ3) is 1.97. The zero-order valence-corrected chi connectivity index (χ0v) is 10.4. The Labute approximate surface area is 110 Å². The molecule has 0 radical (unpaired) electrons. The van der Waals surface area contributed by atoms with Crippen LogP contribution in [0.15, 0.2) is 48.8 Å². The Balaban J connectivity index is 2.17. The molecule has 0 aliphatic heterocycles. The van der Waals surface area contributed by atoms with Crippen molar-refractivity contribution in [2.75, 3.05) is 7.11 Å². The van der Waals surface area contributed by atoms with E-state index >= 15 is 0 Å². The van der Waals surface area contributed by atoms with Crippen molar-refractivity contribution in [3.63, 3.8) is 0 Å². The maximum absolute atomic E-state index is 11.7. The Morgan fingerprint density at radius 3 is 3.00 bits per heavy atom. The maximum atomic E-state index is 11.7. The molecule has 0 unspecified atom stereocenters. The summed E-state index contributed by atoms with van der Waals surface area (Å²) < 4.78 is 4.76. The van der Waals surface area contributed by atoms with Gasteiger partial charge in [-0.15, -0.1) is 0 Å². The number of esters is 1. The highest BCUT2D eigenvalue weighted by Gasteiger charge is 2.14. The SMILES string of the molecule is COC(=O)c1ncccc1-c1ccc2cc[nH]c2c1. The fraction of sp³-hybridized carbons (Fsp3) is 0.0667. The second-order valence-corrected chi connectivity index (χ2v) is 4.17. The lowest BCUT2D eigenvalue weighted by atomic mass is 10.0. The number of methoxy groups -OCH3 is 1. The van der Waals surface area contributed by atoms with Gasteiger partial charge in [0.15, 0.2) is 5.69 Å². The van der Waals surface area contributed by atoms with Crippen molar-refractivity contribution < 1.29 is 9.53 Å². The molecule has 0 atom stereocenters. The first kappa shape index (κ1) is 11.5. The Kier molecular flexibility index (Phi) is 2.76. The molecule has 2 heterocycles. The lowest BCUT2D eigenvalue weighted by molar-refractivity contribution is 0.0595. The lowest BCUT2D eigenvalue weighted by Crippen LogP contribution is -2.06. The summed E-state index contributed by atoms with van der Waals surface area (Å²) in [6.07, 6.45) is 3.47. The summed E-state index contributed by atoms with van der Waals surface area (Å²) in [5.41, 5.74) is 3.06. The van der Waals surface area contributed by atoms with Gasteiger partial charge in [0.05, 0.1) is 7.11 Å². The van der Waals surface area contributed by atoms with Crippen molar-refractivity contribution in [1.82, 2.24) is 9.97 Å². The highest BCUT2D eigenvalue weighted by molar-refractivity contribution is 5.96. The molecule has 0 saturated heterocycles. The molecule has 3 aromatic rings. The van der Waals surface area contributed by atoms with E-state index in [1.807, 2.05) is 36.5 Å². The van der Waals surface area contributed by atoms with E-state index in [0.29, 0.717) is 5.69 Å². The first-order valence-corrected chi connectivity index (χ1v) is 5.90. The van der Waals surface area contributed by atoms with Crippen molar-refractivity contribution in [2.45, 2.75) is 0 Å². The van der Waals surface area contributed by atoms with E-state index in [1.54, 1.807) is 12.3 Å². The quantitative estimate of drug-likeness (QED) is 0.713. The lowest BCUT2D eigenvalue weighted by Gasteiger charge is -2.07. The fourth-order valence-corrected chi connectivity index (χ4v) is 2.11. The summed E-state index contributed by atoms with van der Waals surface area (Å²) in [5, 5.41) is 1.13. The van der Waals surface area contributed by atoms with Crippen LogP contribution in [0, 0.1) is 0 Å². The summed E-state index contributed by atoms with van der Waals surface area (Å²) in [5.74, 6) is -0.429. The zero-order chi connectivity index (χ0) is 13.2. The molecular weight excluding hydrogens is 240 g/mol. The van der Waals surface area contributed by atoms with E-state index in [0.717, 1.165) is 22.0 Å². The predicted molar refractivity (Wildman–Crippen MR) is 72.9 cm³/mol. The normalized spacial score (nSPS) is 10.6. The van der Waals surface area contributed by atoms with E-state index < -0.39 is 5.97 Å². The number of pyridine rings is 1. The molecular formula is C15H12N2O2. The number of rotatable bonds is 2. The van der Waals surface area contributed by atoms with E-state index in [2.05, 4.69) is 9.97 Å². The Hall–Kier alpha value is -2.62. The van der Waals surface area contributed by atoms with Crippen LogP contribution >= 0.6 is 0 Å². The van der Waals surface area contributed by atoms with Gasteiger partial charge in [0.25, 0.3) is 0 Å². The molecule has 4 nitrogen and oxygen atoms in total. The molecule has 0 amide bonds. The van der Waals surface area contributed by atoms with Gasteiger partial charge >= 0.3 is 5.97 Å². The zero-order valence-electron chi connectivity index (χ0n) is 10.4. The number of ether oxygens (including phenoxy) is 1. The van der Waals surface area contributed by atoms with Crippen LogP contribution in [0.5, 0.6) is 0 Å². The first-order valence-electron chi connectivity index (χ1n) is 5.90. The summed E-state index contributed by atoms with van der Waals surface area (Å²) in [4.78, 5) is 19.0. The minimum atomic E-state index is -0.429.